The van der Waals surface area contributed by atoms with Gasteiger partial charge in [-0.15, -0.1) is 0 Å². The Kier molecular flexibility index (Phi) is 3.82. The molecule has 0 amide bonds. The van der Waals surface area contributed by atoms with Crippen molar-refractivity contribution in [2.45, 2.75) is 0 Å². The molecule has 0 saturated heterocycles. The number of aromatic nitrogens is 1. The molecule has 1 aromatic heterocycles. The zero-order chi connectivity index (χ0) is 13.8. The molecule has 2 aromatic rings. The second-order valence-corrected chi connectivity index (χ2v) is 3.95. The number of halogens is 2. The SMILES string of the molecule is N/C(=N/O)c1ccc(Oc2ccc(Cl)c(F)c2)cn1. The normalized spacial score (nSPS) is 11.4. The molecule has 7 heteroatoms. The molecule has 0 fully saturated rings. The molecule has 0 aliphatic heterocycles. The molecule has 0 unspecified atom stereocenters. The second kappa shape index (κ2) is 5.53. The Labute approximate surface area is 113 Å². The number of nitrogens with two attached hydrogens (primary N) is 1. The van der Waals surface area contributed by atoms with Gasteiger partial charge in [0.05, 0.1) is 11.2 Å². The van der Waals surface area contributed by atoms with Crippen LogP contribution in [0.15, 0.2) is 41.7 Å². The standard InChI is InChI=1S/C12H9ClFN3O2/c13-9-3-1-7(5-10(9)14)19-8-2-4-11(16-6-8)12(15)17-18/h1-6,18H,(H2,15,17). The van der Waals surface area contributed by atoms with E-state index in [4.69, 9.17) is 27.3 Å². The van der Waals surface area contributed by atoms with Gasteiger partial charge in [-0.1, -0.05) is 16.8 Å². The Bertz CT molecular complexity index is 617. The number of hydrogen-bond acceptors (Lipinski definition) is 4. The molecular formula is C12H9ClFN3O2. The van der Waals surface area contributed by atoms with Crippen LogP contribution in [-0.2, 0) is 0 Å². The summed E-state index contributed by atoms with van der Waals surface area (Å²) >= 11 is 5.56. The molecule has 0 radical (unpaired) electrons. The minimum atomic E-state index is -0.569. The van der Waals surface area contributed by atoms with E-state index in [0.29, 0.717) is 17.2 Å². The molecule has 0 bridgehead atoms. The highest BCUT2D eigenvalue weighted by molar-refractivity contribution is 6.30. The number of nitrogens with zero attached hydrogens (tertiary/aromatic N) is 2. The van der Waals surface area contributed by atoms with Gasteiger partial charge >= 0.3 is 0 Å². The van der Waals surface area contributed by atoms with Crippen LogP contribution in [0.4, 0.5) is 4.39 Å². The van der Waals surface area contributed by atoms with Crippen molar-refractivity contribution in [3.05, 3.63) is 53.1 Å². The maximum Gasteiger partial charge on any atom is 0.188 e. The predicted octanol–water partition coefficient (Wildman–Crippen LogP) is 2.76. The topological polar surface area (TPSA) is 80.7 Å². The zero-order valence-electron chi connectivity index (χ0n) is 9.55. The van der Waals surface area contributed by atoms with Crippen LogP contribution < -0.4 is 10.5 Å². The van der Waals surface area contributed by atoms with Gasteiger partial charge in [-0.2, -0.15) is 0 Å². The molecule has 1 aromatic carbocycles. The molecule has 2 rings (SSSR count). The van der Waals surface area contributed by atoms with Gasteiger partial charge in [-0.25, -0.2) is 9.37 Å². The summed E-state index contributed by atoms with van der Waals surface area (Å²) in [5.74, 6) is 0.000881. The number of rotatable bonds is 3. The lowest BCUT2D eigenvalue weighted by molar-refractivity contribution is 0.318. The van der Waals surface area contributed by atoms with E-state index < -0.39 is 5.82 Å². The van der Waals surface area contributed by atoms with Gasteiger partial charge in [0, 0.05) is 6.07 Å². The molecular weight excluding hydrogens is 273 g/mol. The van der Waals surface area contributed by atoms with Crippen LogP contribution in [0.1, 0.15) is 5.69 Å². The van der Waals surface area contributed by atoms with E-state index in [1.807, 2.05) is 0 Å². The molecule has 98 valence electrons. The molecule has 0 saturated carbocycles. The fourth-order valence-electron chi connectivity index (χ4n) is 1.32. The maximum absolute atomic E-state index is 13.2. The number of amidine groups is 1. The highest BCUT2D eigenvalue weighted by Crippen LogP contribution is 2.24. The number of pyridine rings is 1. The lowest BCUT2D eigenvalue weighted by atomic mass is 10.3. The van der Waals surface area contributed by atoms with Crippen LogP contribution in [-0.4, -0.2) is 16.0 Å². The quantitative estimate of drug-likeness (QED) is 0.392. The highest BCUT2D eigenvalue weighted by Gasteiger charge is 2.05. The van der Waals surface area contributed by atoms with Crippen LogP contribution >= 0.6 is 11.6 Å². The van der Waals surface area contributed by atoms with Gasteiger partial charge in [0.1, 0.15) is 23.0 Å². The van der Waals surface area contributed by atoms with Crippen molar-refractivity contribution in [2.75, 3.05) is 0 Å². The first kappa shape index (κ1) is 13.1. The van der Waals surface area contributed by atoms with E-state index >= 15 is 0 Å². The number of oxime groups is 1. The lowest BCUT2D eigenvalue weighted by Gasteiger charge is -2.06. The Balaban J connectivity index is 2.17. The third-order valence-electron chi connectivity index (χ3n) is 2.23. The fourth-order valence-corrected chi connectivity index (χ4v) is 1.44. The molecule has 3 N–H and O–H groups in total. The third-order valence-corrected chi connectivity index (χ3v) is 2.54. The van der Waals surface area contributed by atoms with Crippen LogP contribution in [0, 0.1) is 5.82 Å². The first-order valence-corrected chi connectivity index (χ1v) is 5.55. The summed E-state index contributed by atoms with van der Waals surface area (Å²) in [6.45, 7) is 0. The Morgan fingerprint density at radius 2 is 2.05 bits per heavy atom. The minimum absolute atomic E-state index is 0.0211. The van der Waals surface area contributed by atoms with E-state index in [1.54, 1.807) is 6.07 Å². The van der Waals surface area contributed by atoms with E-state index in [9.17, 15) is 4.39 Å². The van der Waals surface area contributed by atoms with Crippen molar-refractivity contribution in [1.29, 1.82) is 0 Å². The Hall–Kier alpha value is -2.34. The lowest BCUT2D eigenvalue weighted by Crippen LogP contribution is -2.14. The number of ether oxygens (including phenoxy) is 1. The van der Waals surface area contributed by atoms with Gasteiger partial charge in [-0.05, 0) is 24.3 Å². The largest absolute Gasteiger partial charge is 0.456 e. The Morgan fingerprint density at radius 1 is 1.32 bits per heavy atom. The summed E-state index contributed by atoms with van der Waals surface area (Å²) in [7, 11) is 0. The van der Waals surface area contributed by atoms with Gasteiger partial charge in [0.2, 0.25) is 0 Å². The van der Waals surface area contributed by atoms with Crippen molar-refractivity contribution < 1.29 is 14.3 Å². The third kappa shape index (κ3) is 3.11. The molecule has 0 atom stereocenters. The van der Waals surface area contributed by atoms with Crippen molar-refractivity contribution in [3.8, 4) is 11.5 Å². The molecule has 5 nitrogen and oxygen atoms in total. The number of benzene rings is 1. The molecule has 0 aliphatic rings. The van der Waals surface area contributed by atoms with Crippen LogP contribution in [0.3, 0.4) is 0 Å². The Morgan fingerprint density at radius 3 is 2.63 bits per heavy atom. The van der Waals surface area contributed by atoms with Crippen LogP contribution in [0.25, 0.3) is 0 Å². The minimum Gasteiger partial charge on any atom is -0.456 e. The maximum atomic E-state index is 13.2. The van der Waals surface area contributed by atoms with Crippen molar-refractivity contribution in [2.24, 2.45) is 10.9 Å². The average Bonchev–Trinajstić information content (AvgIpc) is 2.43. The van der Waals surface area contributed by atoms with Gasteiger partial charge < -0.3 is 15.7 Å². The molecule has 19 heavy (non-hydrogen) atoms. The van der Waals surface area contributed by atoms with E-state index in [2.05, 4.69) is 10.1 Å². The molecule has 1 heterocycles. The van der Waals surface area contributed by atoms with Gasteiger partial charge in [-0.3, -0.25) is 0 Å². The molecule has 0 aliphatic carbocycles. The highest BCUT2D eigenvalue weighted by atomic mass is 35.5. The van der Waals surface area contributed by atoms with E-state index in [-0.39, 0.29) is 10.9 Å². The van der Waals surface area contributed by atoms with Gasteiger partial charge in [0.25, 0.3) is 0 Å². The predicted molar refractivity (Wildman–Crippen MR) is 68.2 cm³/mol. The molecule has 0 spiro atoms. The van der Waals surface area contributed by atoms with Crippen LogP contribution in [0.5, 0.6) is 11.5 Å². The zero-order valence-corrected chi connectivity index (χ0v) is 10.3. The number of hydrogen-bond donors (Lipinski definition) is 2. The van der Waals surface area contributed by atoms with Gasteiger partial charge in [0.15, 0.2) is 5.84 Å². The van der Waals surface area contributed by atoms with E-state index in [0.717, 1.165) is 0 Å². The van der Waals surface area contributed by atoms with Crippen molar-refractivity contribution in [3.63, 3.8) is 0 Å². The summed E-state index contributed by atoms with van der Waals surface area (Å²) in [5, 5.41) is 11.3. The summed E-state index contributed by atoms with van der Waals surface area (Å²) in [6, 6.07) is 7.16. The van der Waals surface area contributed by atoms with E-state index in [1.165, 1.54) is 30.5 Å². The summed E-state index contributed by atoms with van der Waals surface area (Å²) < 4.78 is 18.6. The second-order valence-electron chi connectivity index (χ2n) is 3.54. The van der Waals surface area contributed by atoms with Crippen molar-refractivity contribution in [1.82, 2.24) is 4.98 Å². The fraction of sp³-hybridized carbons (Fsp3) is 0. The van der Waals surface area contributed by atoms with Crippen LogP contribution in [0.2, 0.25) is 5.02 Å². The smallest absolute Gasteiger partial charge is 0.188 e. The first-order chi connectivity index (χ1) is 9.10. The average molecular weight is 282 g/mol. The summed E-state index contributed by atoms with van der Waals surface area (Å²) in [5.41, 5.74) is 5.67. The first-order valence-electron chi connectivity index (χ1n) is 5.17. The monoisotopic (exact) mass is 281 g/mol. The summed E-state index contributed by atoms with van der Waals surface area (Å²) in [4.78, 5) is 3.92. The summed E-state index contributed by atoms with van der Waals surface area (Å²) in [6.07, 6.45) is 1.37. The van der Waals surface area contributed by atoms with Crippen molar-refractivity contribution >= 4 is 17.4 Å².